The van der Waals surface area contributed by atoms with Crippen LogP contribution in [0, 0.1) is 0 Å². The lowest BCUT2D eigenvalue weighted by molar-refractivity contribution is -0.137. The predicted octanol–water partition coefficient (Wildman–Crippen LogP) is 4.37. The SMILES string of the molecule is COCCCN1C(=O)C(Nc2ccc(OC)cc2OC)=C(Sc2cccc(NC(=O)c3ccco3)c2)C1=O. The monoisotopic (exact) mass is 537 g/mol. The summed E-state index contributed by atoms with van der Waals surface area (Å²) in [6.45, 7) is 0.617. The van der Waals surface area contributed by atoms with Crippen molar-refractivity contribution in [2.24, 2.45) is 0 Å². The van der Waals surface area contributed by atoms with E-state index in [4.69, 9.17) is 18.6 Å². The molecule has 4 rings (SSSR count). The first-order valence-corrected chi connectivity index (χ1v) is 12.5. The highest BCUT2D eigenvalue weighted by Crippen LogP contribution is 2.38. The van der Waals surface area contributed by atoms with Gasteiger partial charge in [0.15, 0.2) is 5.76 Å². The van der Waals surface area contributed by atoms with Crippen molar-refractivity contribution in [2.75, 3.05) is 45.1 Å². The molecule has 0 spiro atoms. The average Bonchev–Trinajstić information content (AvgIpc) is 3.54. The molecular formula is C27H27N3O7S. The zero-order chi connectivity index (χ0) is 27.1. The van der Waals surface area contributed by atoms with Crippen LogP contribution in [-0.4, -0.2) is 57.1 Å². The van der Waals surface area contributed by atoms with Gasteiger partial charge in [-0.3, -0.25) is 19.3 Å². The Morgan fingerprint density at radius 2 is 1.84 bits per heavy atom. The minimum Gasteiger partial charge on any atom is -0.497 e. The van der Waals surface area contributed by atoms with Gasteiger partial charge >= 0.3 is 0 Å². The molecule has 198 valence electrons. The van der Waals surface area contributed by atoms with Gasteiger partial charge in [0.25, 0.3) is 17.7 Å². The third kappa shape index (κ3) is 6.01. The van der Waals surface area contributed by atoms with Crippen molar-refractivity contribution in [2.45, 2.75) is 11.3 Å². The third-order valence-electron chi connectivity index (χ3n) is 5.58. The van der Waals surface area contributed by atoms with Gasteiger partial charge < -0.3 is 29.3 Å². The second kappa shape index (κ2) is 12.3. The highest BCUT2D eigenvalue weighted by Gasteiger charge is 2.39. The first-order chi connectivity index (χ1) is 18.4. The molecule has 0 fully saturated rings. The summed E-state index contributed by atoms with van der Waals surface area (Å²) in [4.78, 5) is 41.2. The van der Waals surface area contributed by atoms with Crippen LogP contribution >= 0.6 is 11.8 Å². The van der Waals surface area contributed by atoms with E-state index in [1.54, 1.807) is 68.8 Å². The average molecular weight is 538 g/mol. The summed E-state index contributed by atoms with van der Waals surface area (Å²) in [6.07, 6.45) is 1.92. The van der Waals surface area contributed by atoms with Gasteiger partial charge in [0.2, 0.25) is 0 Å². The largest absolute Gasteiger partial charge is 0.497 e. The molecule has 1 aromatic heterocycles. The Bertz CT molecular complexity index is 1350. The van der Waals surface area contributed by atoms with E-state index in [2.05, 4.69) is 10.6 Å². The van der Waals surface area contributed by atoms with E-state index in [0.29, 0.717) is 40.8 Å². The molecule has 1 aliphatic heterocycles. The van der Waals surface area contributed by atoms with Crippen LogP contribution in [0.25, 0.3) is 0 Å². The molecule has 11 heteroatoms. The fourth-order valence-electron chi connectivity index (χ4n) is 3.72. The molecule has 3 amide bonds. The number of carbonyl (C=O) groups excluding carboxylic acids is 3. The first kappa shape index (κ1) is 26.8. The molecule has 1 aliphatic rings. The van der Waals surface area contributed by atoms with E-state index >= 15 is 0 Å². The van der Waals surface area contributed by atoms with E-state index in [1.165, 1.54) is 18.3 Å². The van der Waals surface area contributed by atoms with E-state index in [1.807, 2.05) is 0 Å². The Kier molecular flexibility index (Phi) is 8.72. The van der Waals surface area contributed by atoms with E-state index in [9.17, 15) is 14.4 Å². The number of nitrogens with zero attached hydrogens (tertiary/aromatic N) is 1. The summed E-state index contributed by atoms with van der Waals surface area (Å²) in [5.74, 6) is -0.0677. The van der Waals surface area contributed by atoms with Crippen molar-refractivity contribution >= 4 is 40.9 Å². The highest BCUT2D eigenvalue weighted by molar-refractivity contribution is 8.04. The quantitative estimate of drug-likeness (QED) is 0.256. The molecule has 2 N–H and O–H groups in total. The summed E-state index contributed by atoms with van der Waals surface area (Å²) in [6, 6.07) is 15.3. The number of thioether (sulfide) groups is 1. The molecular weight excluding hydrogens is 510 g/mol. The zero-order valence-corrected chi connectivity index (χ0v) is 21.9. The van der Waals surface area contributed by atoms with Crippen LogP contribution in [-0.2, 0) is 14.3 Å². The van der Waals surface area contributed by atoms with Crippen LogP contribution in [0.3, 0.4) is 0 Å². The van der Waals surface area contributed by atoms with Crippen LogP contribution in [0.4, 0.5) is 11.4 Å². The minimum atomic E-state index is -0.450. The van der Waals surface area contributed by atoms with Crippen molar-refractivity contribution < 1.29 is 33.0 Å². The molecule has 0 saturated carbocycles. The predicted molar refractivity (Wildman–Crippen MR) is 142 cm³/mol. The van der Waals surface area contributed by atoms with Gasteiger partial charge in [0.05, 0.1) is 26.2 Å². The number of hydrogen-bond acceptors (Lipinski definition) is 9. The Hall–Kier alpha value is -4.22. The summed E-state index contributed by atoms with van der Waals surface area (Å²) < 4.78 is 20.9. The lowest BCUT2D eigenvalue weighted by atomic mass is 10.2. The second-order valence-electron chi connectivity index (χ2n) is 8.06. The van der Waals surface area contributed by atoms with Gasteiger partial charge in [0, 0.05) is 36.9 Å². The topological polar surface area (TPSA) is 119 Å². The first-order valence-electron chi connectivity index (χ1n) is 11.7. The third-order valence-corrected chi connectivity index (χ3v) is 6.65. The molecule has 2 heterocycles. The number of carbonyl (C=O) groups is 3. The number of nitrogens with one attached hydrogen (secondary N) is 2. The fourth-order valence-corrected chi connectivity index (χ4v) is 4.73. The number of methoxy groups -OCH3 is 3. The van der Waals surface area contributed by atoms with Crippen LogP contribution in [0.15, 0.2) is 80.8 Å². The molecule has 38 heavy (non-hydrogen) atoms. The maximum atomic E-state index is 13.4. The summed E-state index contributed by atoms with van der Waals surface area (Å²) in [7, 11) is 4.61. The smallest absolute Gasteiger partial charge is 0.291 e. The molecule has 0 unspecified atom stereocenters. The summed E-state index contributed by atoms with van der Waals surface area (Å²) in [5.41, 5.74) is 1.14. The van der Waals surface area contributed by atoms with Crippen LogP contribution < -0.4 is 20.1 Å². The van der Waals surface area contributed by atoms with Gasteiger partial charge in [-0.1, -0.05) is 17.8 Å². The van der Waals surface area contributed by atoms with Crippen molar-refractivity contribution in [1.29, 1.82) is 0 Å². The summed E-state index contributed by atoms with van der Waals surface area (Å²) in [5, 5.41) is 5.87. The van der Waals surface area contributed by atoms with Crippen LogP contribution in [0.5, 0.6) is 11.5 Å². The van der Waals surface area contributed by atoms with Crippen molar-refractivity contribution in [1.82, 2.24) is 4.90 Å². The van der Waals surface area contributed by atoms with E-state index in [-0.39, 0.29) is 22.9 Å². The molecule has 10 nitrogen and oxygen atoms in total. The Morgan fingerprint density at radius 1 is 1.00 bits per heavy atom. The second-order valence-corrected chi connectivity index (χ2v) is 9.15. The van der Waals surface area contributed by atoms with Crippen LogP contribution in [0.1, 0.15) is 17.0 Å². The highest BCUT2D eigenvalue weighted by atomic mass is 32.2. The molecule has 0 saturated heterocycles. The molecule has 0 atom stereocenters. The minimum absolute atomic E-state index is 0.130. The maximum Gasteiger partial charge on any atom is 0.291 e. The van der Waals surface area contributed by atoms with Crippen molar-refractivity contribution in [3.05, 3.63) is 77.2 Å². The Morgan fingerprint density at radius 3 is 2.55 bits per heavy atom. The van der Waals surface area contributed by atoms with E-state index < -0.39 is 17.7 Å². The van der Waals surface area contributed by atoms with Gasteiger partial charge in [0.1, 0.15) is 22.1 Å². The Labute approximate surface area is 223 Å². The lowest BCUT2D eigenvalue weighted by Crippen LogP contribution is -2.33. The summed E-state index contributed by atoms with van der Waals surface area (Å²) >= 11 is 1.13. The van der Waals surface area contributed by atoms with Gasteiger partial charge in [-0.05, 0) is 48.9 Å². The molecule has 2 aromatic carbocycles. The number of imide groups is 1. The normalized spacial score (nSPS) is 13.2. The molecule has 0 aliphatic carbocycles. The van der Waals surface area contributed by atoms with Gasteiger partial charge in [-0.2, -0.15) is 0 Å². The Balaban J connectivity index is 1.63. The number of benzene rings is 2. The van der Waals surface area contributed by atoms with Crippen LogP contribution in [0.2, 0.25) is 0 Å². The number of furan rings is 1. The number of hydrogen-bond donors (Lipinski definition) is 2. The fraction of sp³-hybridized carbons (Fsp3) is 0.222. The molecule has 3 aromatic rings. The molecule has 0 radical (unpaired) electrons. The lowest BCUT2D eigenvalue weighted by Gasteiger charge is -2.15. The number of ether oxygens (including phenoxy) is 3. The van der Waals surface area contributed by atoms with Gasteiger partial charge in [-0.15, -0.1) is 0 Å². The maximum absolute atomic E-state index is 13.4. The number of amides is 3. The molecule has 0 bridgehead atoms. The number of anilines is 2. The zero-order valence-electron chi connectivity index (χ0n) is 21.1. The standard InChI is InChI=1S/C27H27N3O7S/c1-34-13-6-12-30-26(32)23(29-20-11-10-18(35-2)16-22(20)36-3)24(27(30)33)38-19-8-4-7-17(15-19)28-25(31)21-9-5-14-37-21/h4-5,7-11,14-16,29H,6,12-13H2,1-3H3,(H,28,31). The number of rotatable bonds is 12. The van der Waals surface area contributed by atoms with Crippen molar-refractivity contribution in [3.63, 3.8) is 0 Å². The van der Waals surface area contributed by atoms with Gasteiger partial charge in [-0.25, -0.2) is 0 Å². The van der Waals surface area contributed by atoms with Crippen molar-refractivity contribution in [3.8, 4) is 11.5 Å². The van der Waals surface area contributed by atoms with E-state index in [0.717, 1.165) is 11.8 Å².